The zero-order valence-electron chi connectivity index (χ0n) is 9.43. The number of rotatable bonds is 3. The highest BCUT2D eigenvalue weighted by atomic mass is 35.5. The summed E-state index contributed by atoms with van der Waals surface area (Å²) >= 11 is 11.7. The van der Waals surface area contributed by atoms with Gasteiger partial charge in [0, 0.05) is 5.69 Å². The van der Waals surface area contributed by atoms with E-state index in [1.165, 1.54) is 18.5 Å². The van der Waals surface area contributed by atoms with Crippen LogP contribution in [-0.4, -0.2) is 16.0 Å². The number of hydrogen-bond donors (Lipinski definition) is 2. The molecule has 0 aliphatic rings. The Labute approximate surface area is 118 Å². The smallest absolute Gasteiger partial charge is 0.322 e. The number of nitrogens with zero attached hydrogens (tertiary/aromatic N) is 2. The number of halogens is 2. The Morgan fingerprint density at radius 1 is 1.26 bits per heavy atom. The van der Waals surface area contributed by atoms with E-state index in [2.05, 4.69) is 15.3 Å². The Balaban J connectivity index is 2.17. The van der Waals surface area contributed by atoms with Gasteiger partial charge >= 0.3 is 12.0 Å². The van der Waals surface area contributed by atoms with Gasteiger partial charge in [0.1, 0.15) is 5.75 Å². The molecule has 0 radical (unpaired) electrons. The number of ether oxygens (including phenoxy) is 1. The van der Waals surface area contributed by atoms with Crippen LogP contribution in [0.2, 0.25) is 10.0 Å². The lowest BCUT2D eigenvalue weighted by Crippen LogP contribution is -2.19. The van der Waals surface area contributed by atoms with Crippen molar-refractivity contribution in [2.45, 2.75) is 0 Å². The molecule has 2 amide bonds. The highest BCUT2D eigenvalue weighted by molar-refractivity contribution is 6.32. The summed E-state index contributed by atoms with van der Waals surface area (Å²) in [5.74, 6) is 0.346. The van der Waals surface area contributed by atoms with Crippen molar-refractivity contribution in [3.63, 3.8) is 0 Å². The summed E-state index contributed by atoms with van der Waals surface area (Å²) in [4.78, 5) is 18.4. The zero-order valence-corrected chi connectivity index (χ0v) is 10.9. The highest BCUT2D eigenvalue weighted by Gasteiger charge is 2.07. The Bertz CT molecular complexity index is 604. The molecule has 0 bridgehead atoms. The van der Waals surface area contributed by atoms with Crippen LogP contribution in [0.3, 0.4) is 0 Å². The van der Waals surface area contributed by atoms with E-state index in [1.807, 2.05) is 0 Å². The molecule has 0 saturated heterocycles. The van der Waals surface area contributed by atoms with E-state index >= 15 is 0 Å². The summed E-state index contributed by atoms with van der Waals surface area (Å²) in [7, 11) is 0. The Morgan fingerprint density at radius 2 is 1.95 bits per heavy atom. The van der Waals surface area contributed by atoms with Crippen molar-refractivity contribution in [2.75, 3.05) is 5.32 Å². The number of carbonyl (C=O) groups is 1. The topological polar surface area (TPSA) is 90.1 Å². The van der Waals surface area contributed by atoms with E-state index in [4.69, 9.17) is 33.7 Å². The molecular weight excluding hydrogens is 291 g/mol. The van der Waals surface area contributed by atoms with Gasteiger partial charge in [0.05, 0.1) is 22.4 Å². The minimum absolute atomic E-state index is 0.113. The maximum absolute atomic E-state index is 10.7. The number of urea groups is 1. The van der Waals surface area contributed by atoms with E-state index in [-0.39, 0.29) is 11.0 Å². The van der Waals surface area contributed by atoms with Crippen molar-refractivity contribution in [1.82, 2.24) is 9.97 Å². The lowest BCUT2D eigenvalue weighted by molar-refractivity contribution is 0.259. The SMILES string of the molecule is NC(=O)Nc1ccc(Oc2ncc(Cl)cn2)c(Cl)c1. The molecule has 0 aliphatic carbocycles. The fraction of sp³-hybridized carbons (Fsp3) is 0. The van der Waals surface area contributed by atoms with Gasteiger partial charge in [-0.3, -0.25) is 0 Å². The van der Waals surface area contributed by atoms with Gasteiger partial charge in [-0.2, -0.15) is 0 Å². The Morgan fingerprint density at radius 3 is 2.53 bits per heavy atom. The van der Waals surface area contributed by atoms with Gasteiger partial charge in [-0.25, -0.2) is 14.8 Å². The summed E-state index contributed by atoms with van der Waals surface area (Å²) in [5.41, 5.74) is 5.45. The van der Waals surface area contributed by atoms with Crippen molar-refractivity contribution in [2.24, 2.45) is 5.73 Å². The second kappa shape index (κ2) is 5.73. The molecule has 0 atom stereocenters. The van der Waals surface area contributed by atoms with Crippen molar-refractivity contribution in [3.05, 3.63) is 40.6 Å². The number of benzene rings is 1. The Kier molecular flexibility index (Phi) is 4.03. The third-order valence-electron chi connectivity index (χ3n) is 2.00. The molecule has 0 unspecified atom stereocenters. The van der Waals surface area contributed by atoms with Crippen LogP contribution >= 0.6 is 23.2 Å². The first kappa shape index (κ1) is 13.4. The molecule has 0 spiro atoms. The molecule has 1 aromatic carbocycles. The molecule has 8 heteroatoms. The number of hydrogen-bond acceptors (Lipinski definition) is 4. The predicted octanol–water partition coefficient (Wildman–Crippen LogP) is 3.07. The second-order valence-corrected chi connectivity index (χ2v) is 4.26. The number of anilines is 1. The van der Waals surface area contributed by atoms with Crippen LogP contribution in [0, 0.1) is 0 Å². The van der Waals surface area contributed by atoms with Crippen molar-refractivity contribution < 1.29 is 9.53 Å². The van der Waals surface area contributed by atoms with Gasteiger partial charge in [-0.15, -0.1) is 0 Å². The molecule has 0 saturated carbocycles. The van der Waals surface area contributed by atoms with Gasteiger partial charge in [0.2, 0.25) is 0 Å². The van der Waals surface area contributed by atoms with E-state index in [1.54, 1.807) is 12.1 Å². The standard InChI is InChI=1S/C11H8Cl2N4O2/c12-6-4-15-11(16-5-6)19-9-2-1-7(3-8(9)13)17-10(14)18/h1-5H,(H3,14,17,18). The molecule has 19 heavy (non-hydrogen) atoms. The van der Waals surface area contributed by atoms with Gasteiger partial charge in [0.25, 0.3) is 0 Å². The molecule has 2 aromatic rings. The monoisotopic (exact) mass is 298 g/mol. The average Bonchev–Trinajstić information content (AvgIpc) is 2.34. The Hall–Kier alpha value is -2.05. The number of primary amides is 1. The lowest BCUT2D eigenvalue weighted by atomic mass is 10.3. The number of nitrogens with two attached hydrogens (primary N) is 1. The van der Waals surface area contributed by atoms with Crippen LogP contribution in [0.15, 0.2) is 30.6 Å². The van der Waals surface area contributed by atoms with Crippen LogP contribution in [-0.2, 0) is 0 Å². The van der Waals surface area contributed by atoms with E-state index < -0.39 is 6.03 Å². The summed E-state index contributed by atoms with van der Waals surface area (Å²) in [6.07, 6.45) is 2.81. The largest absolute Gasteiger partial charge is 0.423 e. The zero-order chi connectivity index (χ0) is 13.8. The van der Waals surface area contributed by atoms with Crippen LogP contribution in [0.25, 0.3) is 0 Å². The number of aromatic nitrogens is 2. The van der Waals surface area contributed by atoms with Crippen molar-refractivity contribution >= 4 is 34.9 Å². The van der Waals surface area contributed by atoms with E-state index in [9.17, 15) is 4.79 Å². The fourth-order valence-electron chi connectivity index (χ4n) is 1.26. The van der Waals surface area contributed by atoms with Gasteiger partial charge < -0.3 is 15.8 Å². The third kappa shape index (κ3) is 3.70. The number of carbonyl (C=O) groups excluding carboxylic acids is 1. The first-order valence-corrected chi connectivity index (χ1v) is 5.81. The third-order valence-corrected chi connectivity index (χ3v) is 2.49. The van der Waals surface area contributed by atoms with Gasteiger partial charge in [-0.1, -0.05) is 23.2 Å². The van der Waals surface area contributed by atoms with Crippen LogP contribution < -0.4 is 15.8 Å². The molecule has 98 valence electrons. The molecule has 3 N–H and O–H groups in total. The summed E-state index contributed by atoms with van der Waals surface area (Å²) in [6, 6.07) is 4.08. The average molecular weight is 299 g/mol. The quantitative estimate of drug-likeness (QED) is 0.911. The highest BCUT2D eigenvalue weighted by Crippen LogP contribution is 2.30. The summed E-state index contributed by atoms with van der Waals surface area (Å²) < 4.78 is 5.37. The van der Waals surface area contributed by atoms with Crippen LogP contribution in [0.5, 0.6) is 11.8 Å². The lowest BCUT2D eigenvalue weighted by Gasteiger charge is -2.07. The van der Waals surface area contributed by atoms with E-state index in [0.717, 1.165) is 0 Å². The van der Waals surface area contributed by atoms with Crippen LogP contribution in [0.4, 0.5) is 10.5 Å². The molecule has 6 nitrogen and oxygen atoms in total. The molecule has 2 rings (SSSR count). The maximum Gasteiger partial charge on any atom is 0.322 e. The minimum atomic E-state index is -0.675. The molecule has 0 fully saturated rings. The molecule has 1 heterocycles. The summed E-state index contributed by atoms with van der Waals surface area (Å²) in [6.45, 7) is 0. The number of nitrogens with one attached hydrogen (secondary N) is 1. The van der Waals surface area contributed by atoms with Crippen molar-refractivity contribution in [1.29, 1.82) is 0 Å². The van der Waals surface area contributed by atoms with Crippen LogP contribution in [0.1, 0.15) is 0 Å². The maximum atomic E-state index is 10.7. The minimum Gasteiger partial charge on any atom is -0.423 e. The predicted molar refractivity (Wildman–Crippen MR) is 71.8 cm³/mol. The van der Waals surface area contributed by atoms with Gasteiger partial charge in [-0.05, 0) is 18.2 Å². The first-order chi connectivity index (χ1) is 9.04. The molecule has 1 aromatic heterocycles. The number of amides is 2. The van der Waals surface area contributed by atoms with Gasteiger partial charge in [0.15, 0.2) is 0 Å². The molecule has 0 aliphatic heterocycles. The summed E-state index contributed by atoms with van der Waals surface area (Å²) in [5, 5.41) is 3.08. The van der Waals surface area contributed by atoms with Crippen molar-refractivity contribution in [3.8, 4) is 11.8 Å². The molecular formula is C11H8Cl2N4O2. The van der Waals surface area contributed by atoms with E-state index in [0.29, 0.717) is 16.5 Å². The second-order valence-electron chi connectivity index (χ2n) is 3.42. The fourth-order valence-corrected chi connectivity index (χ4v) is 1.57. The first-order valence-electron chi connectivity index (χ1n) is 5.06. The normalized spacial score (nSPS) is 10.0.